The molecule has 4 nitrogen and oxygen atoms in total. The van der Waals surface area contributed by atoms with Crippen molar-refractivity contribution in [2.45, 2.75) is 13.5 Å². The predicted molar refractivity (Wildman–Crippen MR) is 70.0 cm³/mol. The van der Waals surface area contributed by atoms with Crippen molar-refractivity contribution in [3.63, 3.8) is 0 Å². The molecule has 0 spiro atoms. The number of nitrogens with one attached hydrogen (secondary N) is 1. The summed E-state index contributed by atoms with van der Waals surface area (Å²) in [6.07, 6.45) is 1.59. The molecule has 0 bridgehead atoms. The van der Waals surface area contributed by atoms with E-state index in [2.05, 4.69) is 31.2 Å². The van der Waals surface area contributed by atoms with Gasteiger partial charge < -0.3 is 5.32 Å². The van der Waals surface area contributed by atoms with Crippen molar-refractivity contribution in [1.82, 2.24) is 15.3 Å². The lowest BCUT2D eigenvalue weighted by atomic mass is 10.2. The smallest absolute Gasteiger partial charge is 0.251 e. The number of nitrogens with zero attached hydrogens (tertiary/aromatic N) is 2. The Morgan fingerprint density at radius 2 is 2.41 bits per heavy atom. The number of amides is 1. The van der Waals surface area contributed by atoms with E-state index in [9.17, 15) is 4.79 Å². The Kier molecular flexibility index (Phi) is 3.86. The molecule has 17 heavy (non-hydrogen) atoms. The second-order valence-electron chi connectivity index (χ2n) is 3.41. The SMILES string of the molecule is Cc1nc(CNC(=O)c2ccnc(Br)c2)cs1. The number of thiazole rings is 1. The topological polar surface area (TPSA) is 54.9 Å². The fraction of sp³-hybridized carbons (Fsp3) is 0.182. The van der Waals surface area contributed by atoms with Gasteiger partial charge in [0.1, 0.15) is 4.60 Å². The quantitative estimate of drug-likeness (QED) is 0.886. The molecule has 0 radical (unpaired) electrons. The molecule has 0 aliphatic rings. The maximum absolute atomic E-state index is 11.8. The van der Waals surface area contributed by atoms with Gasteiger partial charge in [0.2, 0.25) is 0 Å². The Morgan fingerprint density at radius 1 is 1.59 bits per heavy atom. The zero-order valence-corrected chi connectivity index (χ0v) is 11.5. The zero-order chi connectivity index (χ0) is 12.3. The van der Waals surface area contributed by atoms with Gasteiger partial charge in [-0.1, -0.05) is 0 Å². The number of rotatable bonds is 3. The predicted octanol–water partition coefficient (Wildman–Crippen LogP) is 2.54. The number of aryl methyl sites for hydroxylation is 1. The maximum atomic E-state index is 11.8. The van der Waals surface area contributed by atoms with Crippen molar-refractivity contribution in [1.29, 1.82) is 0 Å². The van der Waals surface area contributed by atoms with E-state index in [0.717, 1.165) is 10.7 Å². The van der Waals surface area contributed by atoms with E-state index < -0.39 is 0 Å². The molecule has 0 aliphatic carbocycles. The van der Waals surface area contributed by atoms with Crippen molar-refractivity contribution >= 4 is 33.2 Å². The maximum Gasteiger partial charge on any atom is 0.251 e. The number of carbonyl (C=O) groups excluding carboxylic acids is 1. The number of halogens is 1. The van der Waals surface area contributed by atoms with Crippen molar-refractivity contribution in [2.75, 3.05) is 0 Å². The first-order chi connectivity index (χ1) is 8.15. The lowest BCUT2D eigenvalue weighted by Crippen LogP contribution is -2.23. The Hall–Kier alpha value is -1.27. The van der Waals surface area contributed by atoms with Crippen LogP contribution in [0.2, 0.25) is 0 Å². The average molecular weight is 312 g/mol. The molecular formula is C11H10BrN3OS. The van der Waals surface area contributed by atoms with Crippen LogP contribution in [-0.2, 0) is 6.54 Å². The van der Waals surface area contributed by atoms with E-state index in [0.29, 0.717) is 16.7 Å². The van der Waals surface area contributed by atoms with E-state index in [-0.39, 0.29) is 5.91 Å². The number of aromatic nitrogens is 2. The Morgan fingerprint density at radius 3 is 3.06 bits per heavy atom. The molecule has 2 aromatic heterocycles. The molecule has 1 amide bonds. The van der Waals surface area contributed by atoms with Crippen LogP contribution in [0, 0.1) is 6.92 Å². The first-order valence-corrected chi connectivity index (χ1v) is 6.63. The molecule has 88 valence electrons. The Balaban J connectivity index is 1.98. The van der Waals surface area contributed by atoms with E-state index >= 15 is 0 Å². The average Bonchev–Trinajstić information content (AvgIpc) is 2.72. The van der Waals surface area contributed by atoms with Gasteiger partial charge in [0.15, 0.2) is 0 Å². The molecule has 2 aromatic rings. The van der Waals surface area contributed by atoms with Crippen LogP contribution in [-0.4, -0.2) is 15.9 Å². The molecule has 0 saturated carbocycles. The summed E-state index contributed by atoms with van der Waals surface area (Å²) in [4.78, 5) is 20.0. The largest absolute Gasteiger partial charge is 0.346 e. The third-order valence-corrected chi connectivity index (χ3v) is 3.34. The van der Waals surface area contributed by atoms with Gasteiger partial charge in [0.25, 0.3) is 5.91 Å². The second-order valence-corrected chi connectivity index (χ2v) is 5.28. The summed E-state index contributed by atoms with van der Waals surface area (Å²) in [5.74, 6) is -0.126. The van der Waals surface area contributed by atoms with E-state index in [1.807, 2.05) is 12.3 Å². The highest BCUT2D eigenvalue weighted by Crippen LogP contribution is 2.09. The summed E-state index contributed by atoms with van der Waals surface area (Å²) in [7, 11) is 0. The number of hydrogen-bond acceptors (Lipinski definition) is 4. The van der Waals surface area contributed by atoms with E-state index in [4.69, 9.17) is 0 Å². The van der Waals surface area contributed by atoms with Crippen LogP contribution < -0.4 is 5.32 Å². The molecule has 0 atom stereocenters. The van der Waals surface area contributed by atoms with E-state index in [1.165, 1.54) is 0 Å². The van der Waals surface area contributed by atoms with Crippen molar-refractivity contribution in [3.8, 4) is 0 Å². The standard InChI is InChI=1S/C11H10BrN3OS/c1-7-15-9(6-17-7)5-14-11(16)8-2-3-13-10(12)4-8/h2-4,6H,5H2,1H3,(H,14,16). The van der Waals surface area contributed by atoms with Crippen LogP contribution in [0.4, 0.5) is 0 Å². The number of carbonyl (C=O) groups is 1. The molecule has 0 unspecified atom stereocenters. The van der Waals surface area contributed by atoms with Gasteiger partial charge in [-0.15, -0.1) is 11.3 Å². The molecule has 0 fully saturated rings. The fourth-order valence-corrected chi connectivity index (χ4v) is 2.28. The minimum Gasteiger partial charge on any atom is -0.346 e. The normalized spacial score (nSPS) is 10.2. The zero-order valence-electron chi connectivity index (χ0n) is 9.11. The third kappa shape index (κ3) is 3.34. The summed E-state index contributed by atoms with van der Waals surface area (Å²) in [5.41, 5.74) is 1.47. The molecular weight excluding hydrogens is 302 g/mol. The van der Waals surface area contributed by atoms with Crippen LogP contribution >= 0.6 is 27.3 Å². The second kappa shape index (κ2) is 5.37. The van der Waals surface area contributed by atoms with E-state index in [1.54, 1.807) is 29.7 Å². The first-order valence-electron chi connectivity index (χ1n) is 4.96. The van der Waals surface area contributed by atoms with Gasteiger partial charge in [-0.2, -0.15) is 0 Å². The van der Waals surface area contributed by atoms with Gasteiger partial charge in [-0.05, 0) is 35.0 Å². The first kappa shape index (κ1) is 12.2. The highest BCUT2D eigenvalue weighted by atomic mass is 79.9. The van der Waals surface area contributed by atoms with Crippen LogP contribution in [0.25, 0.3) is 0 Å². The Labute approximate surface area is 111 Å². The summed E-state index contributed by atoms with van der Waals surface area (Å²) in [6.45, 7) is 2.39. The molecule has 0 aliphatic heterocycles. The van der Waals surface area contributed by atoms with Gasteiger partial charge in [0.05, 0.1) is 17.2 Å². The third-order valence-electron chi connectivity index (χ3n) is 2.09. The van der Waals surface area contributed by atoms with Gasteiger partial charge in [0, 0.05) is 17.1 Å². The molecule has 6 heteroatoms. The molecule has 0 aromatic carbocycles. The highest BCUT2D eigenvalue weighted by molar-refractivity contribution is 9.10. The number of pyridine rings is 1. The van der Waals surface area contributed by atoms with Crippen molar-refractivity contribution in [3.05, 3.63) is 44.6 Å². The summed E-state index contributed by atoms with van der Waals surface area (Å²) >= 11 is 4.80. The molecule has 1 N–H and O–H groups in total. The molecule has 2 heterocycles. The highest BCUT2D eigenvalue weighted by Gasteiger charge is 2.06. The monoisotopic (exact) mass is 311 g/mol. The fourth-order valence-electron chi connectivity index (χ4n) is 1.31. The lowest BCUT2D eigenvalue weighted by molar-refractivity contribution is 0.0950. The van der Waals surface area contributed by atoms with Crippen LogP contribution in [0.1, 0.15) is 21.1 Å². The van der Waals surface area contributed by atoms with Crippen molar-refractivity contribution < 1.29 is 4.79 Å². The summed E-state index contributed by atoms with van der Waals surface area (Å²) in [6, 6.07) is 3.36. The summed E-state index contributed by atoms with van der Waals surface area (Å²) < 4.78 is 0.648. The van der Waals surface area contributed by atoms with Gasteiger partial charge in [-0.3, -0.25) is 4.79 Å². The minimum atomic E-state index is -0.126. The van der Waals surface area contributed by atoms with Gasteiger partial charge >= 0.3 is 0 Å². The molecule has 2 rings (SSSR count). The summed E-state index contributed by atoms with van der Waals surface area (Å²) in [5, 5.41) is 5.76. The van der Waals surface area contributed by atoms with Crippen LogP contribution in [0.3, 0.4) is 0 Å². The van der Waals surface area contributed by atoms with Crippen LogP contribution in [0.15, 0.2) is 28.3 Å². The Bertz CT molecular complexity index is 541. The van der Waals surface area contributed by atoms with Crippen LogP contribution in [0.5, 0.6) is 0 Å². The molecule has 0 saturated heterocycles. The minimum absolute atomic E-state index is 0.126. The lowest BCUT2D eigenvalue weighted by Gasteiger charge is -2.03. The van der Waals surface area contributed by atoms with Crippen molar-refractivity contribution in [2.24, 2.45) is 0 Å². The van der Waals surface area contributed by atoms with Gasteiger partial charge in [-0.25, -0.2) is 9.97 Å². The number of hydrogen-bond donors (Lipinski definition) is 1.